The summed E-state index contributed by atoms with van der Waals surface area (Å²) in [6, 6.07) is -4.10. The third-order valence-electron chi connectivity index (χ3n) is 19.3. The highest BCUT2D eigenvalue weighted by molar-refractivity contribution is 5.78. The van der Waals surface area contributed by atoms with Crippen LogP contribution in [0.4, 0.5) is 0 Å². The topological polar surface area (TPSA) is 833 Å². The molecule has 0 spiro atoms. The summed E-state index contributed by atoms with van der Waals surface area (Å²) in [6.45, 7) is -7.84. The maximum Gasteiger partial charge on any atom is 0.364 e. The monoisotopic (exact) mass is 1590 g/mol. The van der Waals surface area contributed by atoms with Crippen LogP contribution in [0.2, 0.25) is 0 Å². The van der Waals surface area contributed by atoms with Crippen molar-refractivity contribution in [3.63, 3.8) is 0 Å². The summed E-state index contributed by atoms with van der Waals surface area (Å²) in [6.07, 6.45) is -83.9. The van der Waals surface area contributed by atoms with Crippen LogP contribution in [-0.2, 0) is 90.3 Å². The first kappa shape index (κ1) is 90.5. The fourth-order valence-electron chi connectivity index (χ4n) is 13.4. The van der Waals surface area contributed by atoms with E-state index in [1.54, 1.807) is 0 Å². The Balaban J connectivity index is 1.13. The molecule has 50 heteroatoms. The fourth-order valence-corrected chi connectivity index (χ4v) is 13.4. The molecule has 0 aliphatic carbocycles. The zero-order valence-corrected chi connectivity index (χ0v) is 56.7. The number of rotatable bonds is 33. The van der Waals surface area contributed by atoms with Gasteiger partial charge in [0.25, 0.3) is 23.1 Å². The zero-order chi connectivity index (χ0) is 81.1. The minimum Gasteiger partial charge on any atom is -0.477 e. The largest absolute Gasteiger partial charge is 0.477 e. The first-order valence-corrected chi connectivity index (χ1v) is 33.2. The van der Waals surface area contributed by atoms with Gasteiger partial charge in [0, 0.05) is 39.5 Å². The molecule has 2 amide bonds. The van der Waals surface area contributed by atoms with Gasteiger partial charge in [0.05, 0.1) is 70.7 Å². The molecule has 0 unspecified atom stereocenters. The van der Waals surface area contributed by atoms with Crippen LogP contribution in [0.3, 0.4) is 0 Å². The number of hydrogen-bond donors (Lipinski definition) is 31. The summed E-state index contributed by atoms with van der Waals surface area (Å²) in [5.74, 6) is -24.8. The molecule has 7 heterocycles. The number of carbonyl (C=O) groups excluding carboxylic acids is 2. The number of carboxylic acids is 4. The third-order valence-corrected chi connectivity index (χ3v) is 19.3. The maximum absolute atomic E-state index is 13.4. The van der Waals surface area contributed by atoms with E-state index in [1.165, 1.54) is 0 Å². The van der Waals surface area contributed by atoms with Crippen LogP contribution in [0.5, 0.6) is 0 Å². The number of hydrogen-bond acceptors (Lipinski definition) is 44. The summed E-state index contributed by atoms with van der Waals surface area (Å²) in [4.78, 5) is 78.2. The molecule has 0 bridgehead atoms. The first-order chi connectivity index (χ1) is 50.4. The van der Waals surface area contributed by atoms with Gasteiger partial charge in [0.1, 0.15) is 171 Å². The molecule has 7 aliphatic rings. The molecule has 0 aromatic rings. The van der Waals surface area contributed by atoms with E-state index in [0.717, 1.165) is 13.8 Å². The Morgan fingerprint density at radius 1 is 0.398 bits per heavy atom. The van der Waals surface area contributed by atoms with E-state index in [4.69, 9.17) is 61.6 Å². The molecule has 7 saturated heterocycles. The van der Waals surface area contributed by atoms with Crippen LogP contribution in [0.1, 0.15) is 39.5 Å². The average Bonchev–Trinajstić information content (AvgIpc) is 0.767. The Morgan fingerprint density at radius 3 is 1.12 bits per heavy atom. The standard InChI is InChI=1S/C58H94N2O48/c1-14(67)59-27-41(100-49-28(60-15(2)68)42(35(81)22(9-63)98-49)101-50-40(86)47(36(82)23(10-64)99-50)108-58(54(94)95)6-19(72)30(76)44(106-58)34(80)21(74)8-62)39(85)26(97-48(27)87)13-96-55(51(88)89)3-16(69)31(77)45(104-55)37(83)24(11-65)103-57(53(92)93)5-18(71)32(78)46(107-57)38(84)25(12-66)102-56(52(90)91)4-17(70)29(75)43(105-56)33(79)20(73)7-61/h16-50,61-66,69-87H,3-13H2,1-2H3,(H,59,67)(H,60,68)(H,88,89)(H,90,91)(H,92,93)(H,94,95)/t16-,17-,18-,19-,20+,21+,22+,23+,24+,25+,26+,27+,28+,29+,30+,31+,32+,33+,34+,35-,36-,37-,38+,39-,40+,41+,42+,43+,44+,45+,46+,47-,48-,49+,50-,55+,56+,57+,58-/m0/s1. The molecule has 31 N–H and O–H groups in total. The van der Waals surface area contributed by atoms with Gasteiger partial charge in [0.2, 0.25) is 11.8 Å². The number of carboxylic acid groups (broad SMARTS) is 4. The van der Waals surface area contributed by atoms with Crippen molar-refractivity contribution >= 4 is 35.7 Å². The van der Waals surface area contributed by atoms with Crippen molar-refractivity contribution in [3.8, 4) is 0 Å². The van der Waals surface area contributed by atoms with Gasteiger partial charge in [-0.05, 0) is 0 Å². The predicted molar refractivity (Wildman–Crippen MR) is 324 cm³/mol. The SMILES string of the molecule is CC(=O)N[C@@H]1[C@@H](O[C@H]2O[C@H](CO)[C@H](O)[C@H](O[C@@H]3O[C@H](CO)[C@H](O)[C@H](O[C@]4(C(=O)O)C[C@H](O)[C@@H](O)[C@H]([C@H](O)[C@H](O)CO)O4)[C@H]3O)[C@H]2NC(C)=O)[C@@H](O)[C@@H](CO[C@]2(C(=O)O)C[C@H](O)[C@@H](O)[C@H]([C@@H](O)[C@@H](CO)O[C@]3(C(=O)O)C[C@H](O)[C@@H](O)[C@H]([C@H](O)[C@@H](CO)O[C@]4(C(=O)O)C[C@H](O)[C@@H](O)[C@H]([C@H](O)[C@H](O)CO)O4)O3)O2)O[C@@H]1O. The van der Waals surface area contributed by atoms with Crippen LogP contribution in [0.25, 0.3) is 0 Å². The summed E-state index contributed by atoms with van der Waals surface area (Å²) in [7, 11) is 0. The second-order valence-electron chi connectivity index (χ2n) is 26.8. The van der Waals surface area contributed by atoms with Crippen molar-refractivity contribution in [2.45, 2.75) is 277 Å². The van der Waals surface area contributed by atoms with Crippen LogP contribution in [0.15, 0.2) is 0 Å². The average molecular weight is 1590 g/mol. The van der Waals surface area contributed by atoms with Crippen molar-refractivity contribution in [1.29, 1.82) is 0 Å². The van der Waals surface area contributed by atoms with Crippen molar-refractivity contribution in [2.75, 3.05) is 46.2 Å². The van der Waals surface area contributed by atoms with Crippen molar-refractivity contribution in [2.24, 2.45) is 0 Å². The van der Waals surface area contributed by atoms with E-state index in [9.17, 15) is 177 Å². The molecule has 0 radical (unpaired) electrons. The summed E-state index contributed by atoms with van der Waals surface area (Å²) in [5.41, 5.74) is 0. The lowest BCUT2D eigenvalue weighted by atomic mass is 9.89. The molecule has 108 heavy (non-hydrogen) atoms. The van der Waals surface area contributed by atoms with Crippen LogP contribution in [-0.4, -0.2) is 467 Å². The van der Waals surface area contributed by atoms with Crippen LogP contribution < -0.4 is 10.6 Å². The number of aliphatic hydroxyl groups excluding tert-OH is 25. The summed E-state index contributed by atoms with van der Waals surface area (Å²) < 4.78 is 72.8. The van der Waals surface area contributed by atoms with Gasteiger partial charge < -0.3 is 220 Å². The molecular weight excluding hydrogens is 1490 g/mol. The van der Waals surface area contributed by atoms with E-state index < -0.39 is 345 Å². The molecule has 0 aromatic heterocycles. The van der Waals surface area contributed by atoms with Crippen molar-refractivity contribution in [3.05, 3.63) is 0 Å². The molecule has 39 atom stereocenters. The van der Waals surface area contributed by atoms with E-state index in [0.29, 0.717) is 0 Å². The number of aliphatic carboxylic acids is 4. The molecule has 7 rings (SSSR count). The minimum atomic E-state index is -3.59. The number of ether oxygens (including phenoxy) is 13. The van der Waals surface area contributed by atoms with E-state index in [1.807, 2.05) is 0 Å². The lowest BCUT2D eigenvalue weighted by Crippen LogP contribution is -2.71. The molecule has 0 aromatic carbocycles. The van der Waals surface area contributed by atoms with E-state index in [2.05, 4.69) is 10.6 Å². The van der Waals surface area contributed by atoms with Gasteiger partial charge in [0.15, 0.2) is 18.9 Å². The number of carbonyl (C=O) groups is 6. The normalized spacial score (nSPS) is 44.1. The van der Waals surface area contributed by atoms with Gasteiger partial charge in [-0.1, -0.05) is 0 Å². The molecule has 7 aliphatic heterocycles. The van der Waals surface area contributed by atoms with Crippen LogP contribution in [0, 0.1) is 0 Å². The fraction of sp³-hybridized carbons (Fsp3) is 0.897. The zero-order valence-electron chi connectivity index (χ0n) is 56.7. The molecule has 0 saturated carbocycles. The highest BCUT2D eigenvalue weighted by Gasteiger charge is 2.65. The van der Waals surface area contributed by atoms with Crippen molar-refractivity contribution in [1.82, 2.24) is 10.6 Å². The molecule has 50 nitrogen and oxygen atoms in total. The second-order valence-corrected chi connectivity index (χ2v) is 26.8. The molecule has 7 fully saturated rings. The number of amides is 2. The third kappa shape index (κ3) is 18.9. The van der Waals surface area contributed by atoms with E-state index >= 15 is 0 Å². The Kier molecular flexibility index (Phi) is 31.1. The lowest BCUT2D eigenvalue weighted by Gasteiger charge is -2.51. The maximum atomic E-state index is 13.4. The Morgan fingerprint density at radius 2 is 0.731 bits per heavy atom. The highest BCUT2D eigenvalue weighted by atomic mass is 16.8. The van der Waals surface area contributed by atoms with Gasteiger partial charge >= 0.3 is 23.9 Å². The number of aliphatic hydroxyl groups is 25. The quantitative estimate of drug-likeness (QED) is 0.0290. The summed E-state index contributed by atoms with van der Waals surface area (Å²) in [5, 5.41) is 318. The van der Waals surface area contributed by atoms with Gasteiger partial charge in [-0.3, -0.25) is 9.59 Å². The highest BCUT2D eigenvalue weighted by Crippen LogP contribution is 2.43. The van der Waals surface area contributed by atoms with E-state index in [-0.39, 0.29) is 0 Å². The number of nitrogens with one attached hydrogen (secondary N) is 2. The lowest BCUT2D eigenvalue weighted by molar-refractivity contribution is -0.388. The Labute approximate surface area is 606 Å². The van der Waals surface area contributed by atoms with Crippen molar-refractivity contribution < 1.29 is 238 Å². The van der Waals surface area contributed by atoms with Gasteiger partial charge in [-0.25, -0.2) is 19.2 Å². The molecular formula is C58H94N2O48. The predicted octanol–water partition coefficient (Wildman–Crippen LogP) is -19.2. The van der Waals surface area contributed by atoms with Gasteiger partial charge in [-0.2, -0.15) is 0 Å². The first-order valence-electron chi connectivity index (χ1n) is 33.2. The minimum absolute atomic E-state index is 0.851. The smallest absolute Gasteiger partial charge is 0.364 e. The molecule has 624 valence electrons. The summed E-state index contributed by atoms with van der Waals surface area (Å²) >= 11 is 0. The van der Waals surface area contributed by atoms with Crippen LogP contribution >= 0.6 is 0 Å². The Bertz CT molecular complexity index is 2990. The second kappa shape index (κ2) is 37.1. The van der Waals surface area contributed by atoms with Gasteiger partial charge in [-0.15, -0.1) is 0 Å². The Hall–Kier alpha value is -4.70.